The van der Waals surface area contributed by atoms with Gasteiger partial charge in [0.1, 0.15) is 0 Å². The molecule has 1 fully saturated rings. The predicted octanol–water partition coefficient (Wildman–Crippen LogP) is -0.188. The summed E-state index contributed by atoms with van der Waals surface area (Å²) >= 11 is 0. The Hall–Kier alpha value is -0.610. The van der Waals surface area contributed by atoms with Crippen molar-refractivity contribution in [3.8, 4) is 0 Å². The zero-order valence-corrected chi connectivity index (χ0v) is 6.32. The molecule has 1 rings (SSSR count). The lowest BCUT2D eigenvalue weighted by molar-refractivity contribution is -0.146. The minimum Gasteiger partial charge on any atom is -0.396 e. The van der Waals surface area contributed by atoms with Gasteiger partial charge in [-0.1, -0.05) is 0 Å². The Kier molecular flexibility index (Phi) is 2.84. The third kappa shape index (κ3) is 2.17. The summed E-state index contributed by atoms with van der Waals surface area (Å²) in [7, 11) is 0. The molecule has 4 nitrogen and oxygen atoms in total. The average molecular weight is 159 g/mol. The van der Waals surface area contributed by atoms with Crippen LogP contribution < -0.4 is 5.90 Å². The number of carbonyl (C=O) groups excluding carboxylic acids is 1. The second-order valence-electron chi connectivity index (χ2n) is 3.08. The fourth-order valence-corrected chi connectivity index (χ4v) is 1.47. The van der Waals surface area contributed by atoms with Crippen molar-refractivity contribution in [2.45, 2.75) is 19.3 Å². The summed E-state index contributed by atoms with van der Waals surface area (Å²) in [5, 5.41) is 8.65. The first kappa shape index (κ1) is 8.49. The quantitative estimate of drug-likeness (QED) is 0.560. The van der Waals surface area contributed by atoms with Gasteiger partial charge in [-0.25, -0.2) is 0 Å². The summed E-state index contributed by atoms with van der Waals surface area (Å²) in [5.74, 6) is 5.08. The molecule has 0 radical (unpaired) electrons. The van der Waals surface area contributed by atoms with E-state index in [4.69, 9.17) is 5.11 Å². The van der Waals surface area contributed by atoms with E-state index in [-0.39, 0.29) is 12.6 Å². The molecule has 0 aromatic carbocycles. The number of aliphatic hydroxyl groups is 1. The molecule has 0 atom stereocenters. The highest BCUT2D eigenvalue weighted by Crippen LogP contribution is 2.35. The van der Waals surface area contributed by atoms with Gasteiger partial charge in [0.05, 0.1) is 6.42 Å². The number of aliphatic hydroxyl groups excluding tert-OH is 1. The van der Waals surface area contributed by atoms with Crippen molar-refractivity contribution < 1.29 is 14.7 Å². The van der Waals surface area contributed by atoms with Crippen LogP contribution in [0.2, 0.25) is 0 Å². The van der Waals surface area contributed by atoms with Gasteiger partial charge in [-0.2, -0.15) is 5.90 Å². The van der Waals surface area contributed by atoms with Crippen LogP contribution in [-0.2, 0) is 9.63 Å². The first-order chi connectivity index (χ1) is 5.26. The number of carbonyl (C=O) groups is 1. The van der Waals surface area contributed by atoms with E-state index in [2.05, 4.69) is 10.7 Å². The fraction of sp³-hybridized carbons (Fsp3) is 0.857. The molecule has 0 bridgehead atoms. The van der Waals surface area contributed by atoms with Gasteiger partial charge in [-0.05, 0) is 24.7 Å². The minimum atomic E-state index is -0.355. The molecule has 0 spiro atoms. The standard InChI is InChI=1S/C7H13NO3/c8-11-7(10)3-5-1-6(2-5)4-9/h5-6,9H,1-4,8H2. The maximum absolute atomic E-state index is 10.6. The van der Waals surface area contributed by atoms with Crippen molar-refractivity contribution in [3.63, 3.8) is 0 Å². The summed E-state index contributed by atoms with van der Waals surface area (Å²) < 4.78 is 0. The van der Waals surface area contributed by atoms with Crippen molar-refractivity contribution in [1.82, 2.24) is 0 Å². The third-order valence-electron chi connectivity index (χ3n) is 2.18. The molecule has 0 saturated heterocycles. The molecule has 0 aliphatic heterocycles. The molecule has 11 heavy (non-hydrogen) atoms. The number of hydrogen-bond acceptors (Lipinski definition) is 4. The van der Waals surface area contributed by atoms with Crippen LogP contribution in [-0.4, -0.2) is 17.7 Å². The van der Waals surface area contributed by atoms with Gasteiger partial charge in [-0.15, -0.1) is 0 Å². The molecule has 0 aromatic heterocycles. The first-order valence-corrected chi connectivity index (χ1v) is 3.76. The lowest BCUT2D eigenvalue weighted by Crippen LogP contribution is -2.29. The monoisotopic (exact) mass is 159 g/mol. The molecule has 0 heterocycles. The Balaban J connectivity index is 2.08. The van der Waals surface area contributed by atoms with E-state index in [0.717, 1.165) is 12.8 Å². The van der Waals surface area contributed by atoms with Gasteiger partial charge >= 0.3 is 5.97 Å². The zero-order valence-electron chi connectivity index (χ0n) is 6.32. The van der Waals surface area contributed by atoms with Crippen LogP contribution in [0.1, 0.15) is 19.3 Å². The molecule has 0 unspecified atom stereocenters. The second-order valence-corrected chi connectivity index (χ2v) is 3.08. The molecule has 0 amide bonds. The van der Waals surface area contributed by atoms with Crippen molar-refractivity contribution in [2.75, 3.05) is 6.61 Å². The minimum absolute atomic E-state index is 0.230. The largest absolute Gasteiger partial charge is 0.396 e. The Labute approximate surface area is 65.3 Å². The lowest BCUT2D eigenvalue weighted by atomic mass is 9.74. The van der Waals surface area contributed by atoms with E-state index in [9.17, 15) is 4.79 Å². The summed E-state index contributed by atoms with van der Waals surface area (Å²) in [6.45, 7) is 0.230. The van der Waals surface area contributed by atoms with Crippen LogP contribution in [0.3, 0.4) is 0 Å². The Morgan fingerprint density at radius 2 is 2.18 bits per heavy atom. The molecular formula is C7H13NO3. The molecule has 1 saturated carbocycles. The molecule has 1 aliphatic rings. The lowest BCUT2D eigenvalue weighted by Gasteiger charge is -2.32. The van der Waals surface area contributed by atoms with Gasteiger partial charge in [0, 0.05) is 6.61 Å². The van der Waals surface area contributed by atoms with Crippen LogP contribution in [0.4, 0.5) is 0 Å². The van der Waals surface area contributed by atoms with Crippen molar-refractivity contribution in [2.24, 2.45) is 17.7 Å². The molecule has 3 N–H and O–H groups in total. The topological polar surface area (TPSA) is 72.5 Å². The van der Waals surface area contributed by atoms with Crippen molar-refractivity contribution >= 4 is 5.97 Å². The smallest absolute Gasteiger partial charge is 0.324 e. The van der Waals surface area contributed by atoms with Crippen LogP contribution >= 0.6 is 0 Å². The Morgan fingerprint density at radius 3 is 2.64 bits per heavy atom. The van der Waals surface area contributed by atoms with Gasteiger partial charge in [0.15, 0.2) is 0 Å². The van der Waals surface area contributed by atoms with Gasteiger partial charge < -0.3 is 9.94 Å². The highest BCUT2D eigenvalue weighted by atomic mass is 16.7. The fourth-order valence-electron chi connectivity index (χ4n) is 1.47. The van der Waals surface area contributed by atoms with E-state index < -0.39 is 0 Å². The SMILES string of the molecule is NOC(=O)CC1CC(CO)C1. The average Bonchev–Trinajstić information content (AvgIpc) is 1.95. The maximum Gasteiger partial charge on any atom is 0.324 e. The maximum atomic E-state index is 10.6. The van der Waals surface area contributed by atoms with Gasteiger partial charge in [-0.3, -0.25) is 4.79 Å². The van der Waals surface area contributed by atoms with Gasteiger partial charge in [0.25, 0.3) is 0 Å². The van der Waals surface area contributed by atoms with Crippen LogP contribution in [0, 0.1) is 11.8 Å². The van der Waals surface area contributed by atoms with Crippen LogP contribution in [0.15, 0.2) is 0 Å². The van der Waals surface area contributed by atoms with E-state index in [1.807, 2.05) is 0 Å². The van der Waals surface area contributed by atoms with E-state index in [1.165, 1.54) is 0 Å². The molecule has 4 heteroatoms. The number of nitrogens with two attached hydrogens (primary N) is 1. The van der Waals surface area contributed by atoms with E-state index in [1.54, 1.807) is 0 Å². The Bertz CT molecular complexity index is 143. The highest BCUT2D eigenvalue weighted by Gasteiger charge is 2.30. The predicted molar refractivity (Wildman–Crippen MR) is 38.2 cm³/mol. The van der Waals surface area contributed by atoms with E-state index in [0.29, 0.717) is 18.3 Å². The molecule has 0 aromatic rings. The second kappa shape index (κ2) is 3.69. The summed E-state index contributed by atoms with van der Waals surface area (Å²) in [5.41, 5.74) is 0. The number of rotatable bonds is 3. The third-order valence-corrected chi connectivity index (χ3v) is 2.18. The molecule has 1 aliphatic carbocycles. The number of hydrogen-bond donors (Lipinski definition) is 2. The first-order valence-electron chi connectivity index (χ1n) is 3.76. The molecular weight excluding hydrogens is 146 g/mol. The van der Waals surface area contributed by atoms with Crippen molar-refractivity contribution in [3.05, 3.63) is 0 Å². The van der Waals surface area contributed by atoms with Crippen molar-refractivity contribution in [1.29, 1.82) is 0 Å². The summed E-state index contributed by atoms with van der Waals surface area (Å²) in [4.78, 5) is 14.6. The summed E-state index contributed by atoms with van der Waals surface area (Å²) in [6, 6.07) is 0. The summed E-state index contributed by atoms with van der Waals surface area (Å²) in [6.07, 6.45) is 2.24. The normalized spacial score (nSPS) is 29.3. The van der Waals surface area contributed by atoms with Crippen LogP contribution in [0.25, 0.3) is 0 Å². The van der Waals surface area contributed by atoms with Crippen LogP contribution in [0.5, 0.6) is 0 Å². The zero-order chi connectivity index (χ0) is 8.27. The van der Waals surface area contributed by atoms with Gasteiger partial charge in [0.2, 0.25) is 0 Å². The Morgan fingerprint density at radius 1 is 1.55 bits per heavy atom. The highest BCUT2D eigenvalue weighted by molar-refractivity contribution is 5.69. The van der Waals surface area contributed by atoms with E-state index >= 15 is 0 Å². The molecule has 64 valence electrons.